The fourth-order valence-electron chi connectivity index (χ4n) is 3.01. The molecule has 2 N–H and O–H groups in total. The second-order valence-electron chi connectivity index (χ2n) is 6.82. The minimum absolute atomic E-state index is 0.189. The molecule has 146 valence electrons. The molecule has 0 spiro atoms. The summed E-state index contributed by atoms with van der Waals surface area (Å²) >= 11 is 0. The Balaban J connectivity index is 1.49. The normalized spacial score (nSPS) is 11.9. The van der Waals surface area contributed by atoms with E-state index < -0.39 is 6.10 Å². The molecule has 0 aliphatic heterocycles. The van der Waals surface area contributed by atoms with Crippen LogP contribution >= 0.6 is 0 Å². The lowest BCUT2D eigenvalue weighted by Crippen LogP contribution is -2.26. The van der Waals surface area contributed by atoms with Gasteiger partial charge in [-0.2, -0.15) is 0 Å². The fourth-order valence-corrected chi connectivity index (χ4v) is 3.01. The topological polar surface area (TPSA) is 80.2 Å². The van der Waals surface area contributed by atoms with Gasteiger partial charge in [0, 0.05) is 29.9 Å². The molecule has 0 bridgehead atoms. The monoisotopic (exact) mass is 386 g/mol. The number of aliphatic hydroxyl groups is 1. The van der Waals surface area contributed by atoms with Crippen LogP contribution in [0.5, 0.6) is 5.75 Å². The van der Waals surface area contributed by atoms with E-state index in [9.17, 15) is 5.11 Å². The SMILES string of the molecule is Cc1cccc(OCC(O)CNc2nc(-c3cccnc3)nc3ccccc23)c1. The van der Waals surface area contributed by atoms with E-state index in [-0.39, 0.29) is 6.61 Å². The van der Waals surface area contributed by atoms with Crippen LogP contribution in [0.1, 0.15) is 5.56 Å². The van der Waals surface area contributed by atoms with E-state index in [0.29, 0.717) is 18.2 Å². The second-order valence-corrected chi connectivity index (χ2v) is 6.82. The van der Waals surface area contributed by atoms with Crippen LogP contribution in [0.4, 0.5) is 5.82 Å². The average molecular weight is 386 g/mol. The van der Waals surface area contributed by atoms with Crippen molar-refractivity contribution in [2.24, 2.45) is 0 Å². The number of nitrogens with one attached hydrogen (secondary N) is 1. The van der Waals surface area contributed by atoms with Crippen molar-refractivity contribution in [3.8, 4) is 17.1 Å². The Labute approximate surface area is 169 Å². The Bertz CT molecular complexity index is 1100. The smallest absolute Gasteiger partial charge is 0.163 e. The molecule has 0 fully saturated rings. The highest BCUT2D eigenvalue weighted by molar-refractivity contribution is 5.90. The van der Waals surface area contributed by atoms with Gasteiger partial charge in [0.25, 0.3) is 0 Å². The lowest BCUT2D eigenvalue weighted by atomic mass is 10.2. The number of aliphatic hydroxyl groups excluding tert-OH is 1. The number of benzene rings is 2. The first kappa shape index (κ1) is 18.8. The van der Waals surface area contributed by atoms with Gasteiger partial charge in [0.05, 0.1) is 5.52 Å². The van der Waals surface area contributed by atoms with Crippen LogP contribution < -0.4 is 10.1 Å². The largest absolute Gasteiger partial charge is 0.491 e. The van der Waals surface area contributed by atoms with Crippen molar-refractivity contribution in [2.45, 2.75) is 13.0 Å². The first-order valence-electron chi connectivity index (χ1n) is 9.47. The Morgan fingerprint density at radius 2 is 1.93 bits per heavy atom. The van der Waals surface area contributed by atoms with E-state index in [2.05, 4.69) is 20.3 Å². The van der Waals surface area contributed by atoms with E-state index >= 15 is 0 Å². The number of hydrogen-bond acceptors (Lipinski definition) is 6. The third-order valence-corrected chi connectivity index (χ3v) is 4.46. The second kappa shape index (κ2) is 8.67. The van der Waals surface area contributed by atoms with Crippen molar-refractivity contribution < 1.29 is 9.84 Å². The summed E-state index contributed by atoms with van der Waals surface area (Å²) in [6.07, 6.45) is 2.76. The number of aromatic nitrogens is 3. The van der Waals surface area contributed by atoms with E-state index in [0.717, 1.165) is 27.8 Å². The molecule has 6 heteroatoms. The molecule has 4 aromatic rings. The molecular weight excluding hydrogens is 364 g/mol. The van der Waals surface area contributed by atoms with Gasteiger partial charge in [-0.1, -0.05) is 24.3 Å². The summed E-state index contributed by atoms with van der Waals surface area (Å²) in [6, 6.07) is 19.3. The Kier molecular flexibility index (Phi) is 5.63. The van der Waals surface area contributed by atoms with Crippen LogP contribution in [0.25, 0.3) is 22.3 Å². The molecule has 0 radical (unpaired) electrons. The number of nitrogens with zero attached hydrogens (tertiary/aromatic N) is 3. The van der Waals surface area contributed by atoms with Gasteiger partial charge in [0.15, 0.2) is 5.82 Å². The van der Waals surface area contributed by atoms with Crippen molar-refractivity contribution in [3.05, 3.63) is 78.6 Å². The van der Waals surface area contributed by atoms with E-state index in [1.807, 2.05) is 67.6 Å². The van der Waals surface area contributed by atoms with E-state index in [4.69, 9.17) is 4.74 Å². The fraction of sp³-hybridized carbons (Fsp3) is 0.174. The Morgan fingerprint density at radius 1 is 1.03 bits per heavy atom. The van der Waals surface area contributed by atoms with Crippen molar-refractivity contribution in [1.82, 2.24) is 15.0 Å². The lowest BCUT2D eigenvalue weighted by Gasteiger charge is -2.15. The van der Waals surface area contributed by atoms with Gasteiger partial charge in [-0.05, 0) is 48.9 Å². The van der Waals surface area contributed by atoms with Crippen LogP contribution in [-0.2, 0) is 0 Å². The number of hydrogen-bond donors (Lipinski definition) is 2. The van der Waals surface area contributed by atoms with Crippen LogP contribution in [-0.4, -0.2) is 39.3 Å². The number of rotatable bonds is 7. The molecular formula is C23H22N4O2. The maximum Gasteiger partial charge on any atom is 0.163 e. The third kappa shape index (κ3) is 4.67. The molecule has 6 nitrogen and oxygen atoms in total. The lowest BCUT2D eigenvalue weighted by molar-refractivity contribution is 0.117. The van der Waals surface area contributed by atoms with Crippen molar-refractivity contribution >= 4 is 16.7 Å². The maximum atomic E-state index is 10.4. The predicted molar refractivity (Wildman–Crippen MR) is 114 cm³/mol. The number of ether oxygens (including phenoxy) is 1. The molecule has 29 heavy (non-hydrogen) atoms. The highest BCUT2D eigenvalue weighted by Crippen LogP contribution is 2.24. The van der Waals surface area contributed by atoms with Crippen molar-refractivity contribution in [2.75, 3.05) is 18.5 Å². The van der Waals surface area contributed by atoms with Crippen LogP contribution in [0.3, 0.4) is 0 Å². The van der Waals surface area contributed by atoms with Gasteiger partial charge in [-0.3, -0.25) is 4.98 Å². The number of para-hydroxylation sites is 1. The van der Waals surface area contributed by atoms with Gasteiger partial charge in [0.1, 0.15) is 24.3 Å². The summed E-state index contributed by atoms with van der Waals surface area (Å²) in [5.41, 5.74) is 2.78. The maximum absolute atomic E-state index is 10.4. The van der Waals surface area contributed by atoms with Gasteiger partial charge < -0.3 is 15.2 Å². The third-order valence-electron chi connectivity index (χ3n) is 4.46. The number of fused-ring (bicyclic) bond motifs is 1. The summed E-state index contributed by atoms with van der Waals surface area (Å²) in [6.45, 7) is 2.50. The zero-order valence-corrected chi connectivity index (χ0v) is 16.1. The number of anilines is 1. The summed E-state index contributed by atoms with van der Waals surface area (Å²) in [4.78, 5) is 13.4. The molecule has 0 saturated heterocycles. The highest BCUT2D eigenvalue weighted by atomic mass is 16.5. The standard InChI is InChI=1S/C23H22N4O2/c1-16-6-4-8-19(12-16)29-15-18(28)14-25-23-20-9-2-3-10-21(20)26-22(27-23)17-7-5-11-24-13-17/h2-13,18,28H,14-15H2,1H3,(H,25,26,27). The van der Waals surface area contributed by atoms with Crippen LogP contribution in [0.2, 0.25) is 0 Å². The molecule has 4 rings (SSSR count). The zero-order chi connectivity index (χ0) is 20.1. The summed E-state index contributed by atoms with van der Waals surface area (Å²) < 4.78 is 5.69. The molecule has 0 saturated carbocycles. The molecule has 0 aliphatic carbocycles. The minimum atomic E-state index is -0.689. The molecule has 1 atom stereocenters. The van der Waals surface area contributed by atoms with Crippen LogP contribution in [0, 0.1) is 6.92 Å². The average Bonchev–Trinajstić information content (AvgIpc) is 2.76. The molecule has 2 aromatic carbocycles. The predicted octanol–water partition coefficient (Wildman–Crippen LogP) is 3.85. The van der Waals surface area contributed by atoms with Crippen molar-refractivity contribution in [1.29, 1.82) is 0 Å². The molecule has 2 aromatic heterocycles. The summed E-state index contributed by atoms with van der Waals surface area (Å²) in [5, 5.41) is 14.5. The van der Waals surface area contributed by atoms with E-state index in [1.165, 1.54) is 0 Å². The summed E-state index contributed by atoms with van der Waals surface area (Å²) in [5.74, 6) is 2.00. The zero-order valence-electron chi connectivity index (χ0n) is 16.1. The molecule has 0 amide bonds. The van der Waals surface area contributed by atoms with Gasteiger partial charge in [0.2, 0.25) is 0 Å². The minimum Gasteiger partial charge on any atom is -0.491 e. The molecule has 2 heterocycles. The number of aryl methyl sites for hydroxylation is 1. The molecule has 0 aliphatic rings. The van der Waals surface area contributed by atoms with Crippen LogP contribution in [0.15, 0.2) is 73.1 Å². The highest BCUT2D eigenvalue weighted by Gasteiger charge is 2.11. The quantitative estimate of drug-likeness (QED) is 0.502. The van der Waals surface area contributed by atoms with Gasteiger partial charge in [-0.25, -0.2) is 9.97 Å². The Morgan fingerprint density at radius 3 is 2.76 bits per heavy atom. The Hall–Kier alpha value is -3.51. The van der Waals surface area contributed by atoms with Crippen molar-refractivity contribution in [3.63, 3.8) is 0 Å². The first-order chi connectivity index (χ1) is 14.2. The van der Waals surface area contributed by atoms with Gasteiger partial charge in [-0.15, -0.1) is 0 Å². The van der Waals surface area contributed by atoms with E-state index in [1.54, 1.807) is 12.4 Å². The first-order valence-corrected chi connectivity index (χ1v) is 9.47. The number of pyridine rings is 1. The summed E-state index contributed by atoms with van der Waals surface area (Å²) in [7, 11) is 0. The van der Waals surface area contributed by atoms with Gasteiger partial charge >= 0.3 is 0 Å². The molecule has 1 unspecified atom stereocenters.